The lowest BCUT2D eigenvalue weighted by molar-refractivity contribution is -0.123. The molecule has 0 radical (unpaired) electrons. The average molecular weight is 993 g/mol. The lowest BCUT2D eigenvalue weighted by Crippen LogP contribution is -2.45. The summed E-state index contributed by atoms with van der Waals surface area (Å²) in [6.45, 7) is 4.23. The van der Waals surface area contributed by atoms with Gasteiger partial charge in [0.05, 0.1) is 18.8 Å². The van der Waals surface area contributed by atoms with Crippen molar-refractivity contribution in [1.29, 1.82) is 0 Å². The molecule has 0 rings (SSSR count). The molecule has 0 saturated heterocycles. The number of aliphatic hydroxyl groups is 2. The molecule has 416 valence electrons. The van der Waals surface area contributed by atoms with E-state index in [0.29, 0.717) is 6.42 Å². The van der Waals surface area contributed by atoms with Crippen LogP contribution in [0.3, 0.4) is 0 Å². The van der Waals surface area contributed by atoms with Gasteiger partial charge in [-0.3, -0.25) is 4.79 Å². The Kier molecular flexibility index (Phi) is 60.7. The number of unbranched alkanes of at least 4 members (excludes halogenated alkanes) is 44. The molecule has 0 aromatic heterocycles. The second-order valence-electron chi connectivity index (χ2n) is 21.8. The van der Waals surface area contributed by atoms with E-state index in [1.807, 2.05) is 6.08 Å². The number of rotatable bonds is 59. The van der Waals surface area contributed by atoms with Crippen LogP contribution in [0, 0.1) is 0 Å². The molecule has 4 heteroatoms. The molecule has 0 heterocycles. The van der Waals surface area contributed by atoms with Crippen molar-refractivity contribution >= 4 is 5.91 Å². The summed E-state index contributed by atoms with van der Waals surface area (Å²) in [6.07, 6.45) is 88.6. The molecule has 0 saturated carbocycles. The molecule has 71 heavy (non-hydrogen) atoms. The number of carbonyl (C=O) groups excluding carboxylic acids is 1. The van der Waals surface area contributed by atoms with Crippen molar-refractivity contribution in [1.82, 2.24) is 5.32 Å². The van der Waals surface area contributed by atoms with Crippen LogP contribution < -0.4 is 5.32 Å². The average Bonchev–Trinajstić information content (AvgIpc) is 3.37. The van der Waals surface area contributed by atoms with Gasteiger partial charge in [-0.05, 0) is 57.8 Å². The Balaban J connectivity index is 3.41. The van der Waals surface area contributed by atoms with Gasteiger partial charge in [-0.15, -0.1) is 0 Å². The van der Waals surface area contributed by atoms with E-state index in [1.165, 1.54) is 270 Å². The summed E-state index contributed by atoms with van der Waals surface area (Å²) >= 11 is 0. The fourth-order valence-corrected chi connectivity index (χ4v) is 9.94. The summed E-state index contributed by atoms with van der Waals surface area (Å²) in [5.41, 5.74) is 0. The van der Waals surface area contributed by atoms with Crippen molar-refractivity contribution in [2.24, 2.45) is 0 Å². The van der Waals surface area contributed by atoms with Crippen LogP contribution in [0.4, 0.5) is 0 Å². The topological polar surface area (TPSA) is 69.6 Å². The molecule has 0 aliphatic rings. The lowest BCUT2D eigenvalue weighted by Gasteiger charge is -2.20. The van der Waals surface area contributed by atoms with Gasteiger partial charge < -0.3 is 15.5 Å². The van der Waals surface area contributed by atoms with Gasteiger partial charge in [-0.1, -0.05) is 338 Å². The zero-order chi connectivity index (χ0) is 51.3. The summed E-state index contributed by atoms with van der Waals surface area (Å²) in [7, 11) is 0. The minimum Gasteiger partial charge on any atom is -0.394 e. The van der Waals surface area contributed by atoms with Crippen molar-refractivity contribution in [3.63, 3.8) is 0 Å². The van der Waals surface area contributed by atoms with Gasteiger partial charge in [-0.25, -0.2) is 0 Å². The highest BCUT2D eigenvalue weighted by Crippen LogP contribution is 2.18. The standard InChI is InChI=1S/C67H125NO3/c1-3-5-7-9-11-13-15-17-19-21-23-25-26-27-28-29-30-31-32-33-34-35-36-37-38-39-40-41-42-43-45-47-49-51-53-55-57-59-61-63-67(71)68-65(64-69)66(70)62-60-58-56-54-52-50-48-46-44-24-22-20-18-16-14-12-10-8-6-4-2/h5,7,11,13,17,19,23,25,60,62,65-66,69-70H,3-4,6,8-10,12,14-16,18,20-22,24,26-59,61,63-64H2,1-2H3,(H,68,71)/b7-5-,13-11-,19-17-,25-23-,62-60+. The van der Waals surface area contributed by atoms with Crippen molar-refractivity contribution in [2.75, 3.05) is 6.61 Å². The summed E-state index contributed by atoms with van der Waals surface area (Å²) in [5, 5.41) is 23.2. The summed E-state index contributed by atoms with van der Waals surface area (Å²) in [6, 6.07) is -0.622. The number of amides is 1. The fraction of sp³-hybridized carbons (Fsp3) is 0.836. The van der Waals surface area contributed by atoms with Gasteiger partial charge in [0.1, 0.15) is 0 Å². The number of aliphatic hydroxyl groups excluding tert-OH is 2. The molecule has 0 bridgehead atoms. The van der Waals surface area contributed by atoms with Crippen LogP contribution in [0.2, 0.25) is 0 Å². The van der Waals surface area contributed by atoms with Crippen LogP contribution in [0.15, 0.2) is 60.8 Å². The molecule has 0 fully saturated rings. The highest BCUT2D eigenvalue weighted by Gasteiger charge is 2.18. The van der Waals surface area contributed by atoms with E-state index in [9.17, 15) is 15.0 Å². The quantitative estimate of drug-likeness (QED) is 0.0420. The molecule has 0 aromatic rings. The number of allylic oxidation sites excluding steroid dienone is 9. The van der Waals surface area contributed by atoms with Crippen LogP contribution in [-0.4, -0.2) is 34.9 Å². The van der Waals surface area contributed by atoms with E-state index < -0.39 is 12.1 Å². The molecule has 3 N–H and O–H groups in total. The maximum atomic E-state index is 12.5. The zero-order valence-electron chi connectivity index (χ0n) is 48.0. The van der Waals surface area contributed by atoms with E-state index in [4.69, 9.17) is 0 Å². The van der Waals surface area contributed by atoms with Crippen LogP contribution in [0.25, 0.3) is 0 Å². The minimum absolute atomic E-state index is 0.0575. The number of hydrogen-bond donors (Lipinski definition) is 3. The van der Waals surface area contributed by atoms with Crippen LogP contribution in [0.5, 0.6) is 0 Å². The maximum Gasteiger partial charge on any atom is 0.220 e. The Morgan fingerprint density at radius 3 is 0.930 bits per heavy atom. The smallest absolute Gasteiger partial charge is 0.220 e. The third kappa shape index (κ3) is 58.8. The van der Waals surface area contributed by atoms with Crippen LogP contribution >= 0.6 is 0 Å². The summed E-state index contributed by atoms with van der Waals surface area (Å²) < 4.78 is 0. The maximum absolute atomic E-state index is 12.5. The molecule has 0 aromatic carbocycles. The van der Waals surface area contributed by atoms with Crippen molar-refractivity contribution in [3.05, 3.63) is 60.8 Å². The Morgan fingerprint density at radius 1 is 0.352 bits per heavy atom. The van der Waals surface area contributed by atoms with E-state index in [-0.39, 0.29) is 12.5 Å². The molecule has 4 nitrogen and oxygen atoms in total. The second-order valence-corrected chi connectivity index (χ2v) is 21.8. The monoisotopic (exact) mass is 992 g/mol. The summed E-state index contributed by atoms with van der Waals surface area (Å²) in [4.78, 5) is 12.5. The predicted octanol–water partition coefficient (Wildman–Crippen LogP) is 21.5. The number of carbonyl (C=O) groups is 1. The third-order valence-electron chi connectivity index (χ3n) is 14.8. The predicted molar refractivity (Wildman–Crippen MR) is 318 cm³/mol. The first-order valence-corrected chi connectivity index (χ1v) is 32.0. The van der Waals surface area contributed by atoms with Crippen LogP contribution in [0.1, 0.15) is 341 Å². The highest BCUT2D eigenvalue weighted by molar-refractivity contribution is 5.76. The van der Waals surface area contributed by atoms with Gasteiger partial charge >= 0.3 is 0 Å². The molecule has 0 aliphatic heterocycles. The normalized spacial score (nSPS) is 13.1. The summed E-state index contributed by atoms with van der Waals surface area (Å²) in [5.74, 6) is -0.0575. The van der Waals surface area contributed by atoms with Crippen molar-refractivity contribution in [2.45, 2.75) is 353 Å². The third-order valence-corrected chi connectivity index (χ3v) is 14.8. The first-order valence-electron chi connectivity index (χ1n) is 32.0. The van der Waals surface area contributed by atoms with E-state index in [2.05, 4.69) is 67.8 Å². The van der Waals surface area contributed by atoms with Crippen LogP contribution in [-0.2, 0) is 4.79 Å². The van der Waals surface area contributed by atoms with E-state index >= 15 is 0 Å². The van der Waals surface area contributed by atoms with Crippen molar-refractivity contribution in [3.8, 4) is 0 Å². The molecule has 2 atom stereocenters. The Hall–Kier alpha value is -1.91. The van der Waals surface area contributed by atoms with Gasteiger partial charge in [0, 0.05) is 6.42 Å². The largest absolute Gasteiger partial charge is 0.394 e. The zero-order valence-corrected chi connectivity index (χ0v) is 48.0. The molecule has 0 aliphatic carbocycles. The van der Waals surface area contributed by atoms with E-state index in [0.717, 1.165) is 51.4 Å². The van der Waals surface area contributed by atoms with Gasteiger partial charge in [0.15, 0.2) is 0 Å². The first-order chi connectivity index (χ1) is 35.2. The fourth-order valence-electron chi connectivity index (χ4n) is 9.94. The van der Waals surface area contributed by atoms with Crippen molar-refractivity contribution < 1.29 is 15.0 Å². The lowest BCUT2D eigenvalue weighted by atomic mass is 10.0. The van der Waals surface area contributed by atoms with Gasteiger partial charge in [0.25, 0.3) is 0 Å². The molecule has 1 amide bonds. The highest BCUT2D eigenvalue weighted by atomic mass is 16.3. The molecule has 0 spiro atoms. The number of hydrogen-bond acceptors (Lipinski definition) is 3. The SMILES string of the molecule is CC/C=C\C/C=C\C/C=C\C/C=C\CCCCCCCCCCCCCCCCCCCCCCCCCCCCC(=O)NC(CO)C(O)/C=C/CCCCCCCCCCCCCCCCCCCC. The Labute approximate surface area is 445 Å². The van der Waals surface area contributed by atoms with E-state index in [1.54, 1.807) is 6.08 Å². The number of nitrogens with one attached hydrogen (secondary N) is 1. The molecule has 2 unspecified atom stereocenters. The first kappa shape index (κ1) is 69.1. The molecular weight excluding hydrogens is 867 g/mol. The molecular formula is C67H125NO3. The minimum atomic E-state index is -0.839. The van der Waals surface area contributed by atoms with Gasteiger partial charge in [0.2, 0.25) is 5.91 Å². The Bertz CT molecular complexity index is 1170. The Morgan fingerprint density at radius 2 is 0.620 bits per heavy atom. The van der Waals surface area contributed by atoms with Gasteiger partial charge in [-0.2, -0.15) is 0 Å². The second kappa shape index (κ2) is 62.4.